The predicted molar refractivity (Wildman–Crippen MR) is 75.4 cm³/mol. The first kappa shape index (κ1) is 11.7. The topological polar surface area (TPSA) is 3.24 Å². The van der Waals surface area contributed by atoms with E-state index in [2.05, 4.69) is 11.9 Å². The van der Waals surface area contributed by atoms with Crippen molar-refractivity contribution in [2.45, 2.75) is 67.0 Å². The third kappa shape index (κ3) is 1.74. The van der Waals surface area contributed by atoms with Crippen LogP contribution in [-0.2, 0) is 0 Å². The van der Waals surface area contributed by atoms with E-state index in [-0.39, 0.29) is 4.87 Å². The second-order valence-corrected chi connectivity index (χ2v) is 7.92. The lowest BCUT2D eigenvalue weighted by molar-refractivity contribution is 0.113. The second kappa shape index (κ2) is 3.83. The molecule has 2 aliphatic carbocycles. The molecule has 0 aromatic carbocycles. The highest BCUT2D eigenvalue weighted by atomic mass is 32.1. The number of fused-ring (bicyclic) bond motifs is 4. The van der Waals surface area contributed by atoms with Crippen LogP contribution < -0.4 is 0 Å². The van der Waals surface area contributed by atoms with Crippen molar-refractivity contribution in [2.24, 2.45) is 5.92 Å². The third-order valence-electron chi connectivity index (χ3n) is 5.13. The smallest absolute Gasteiger partial charge is 0.0653 e. The SMILES string of the molecule is CN1C2CC2C2(S)CCCCCCC1(S)C2. The van der Waals surface area contributed by atoms with Gasteiger partial charge in [-0.3, -0.25) is 4.90 Å². The quantitative estimate of drug-likeness (QED) is 0.629. The molecule has 0 amide bonds. The highest BCUT2D eigenvalue weighted by Crippen LogP contribution is 2.60. The zero-order valence-electron chi connectivity index (χ0n) is 10.2. The minimum absolute atomic E-state index is 0.129. The van der Waals surface area contributed by atoms with E-state index >= 15 is 0 Å². The Morgan fingerprint density at radius 1 is 1.06 bits per heavy atom. The summed E-state index contributed by atoms with van der Waals surface area (Å²) in [5.74, 6) is 0.846. The zero-order chi connectivity index (χ0) is 11.4. The number of thiol groups is 2. The van der Waals surface area contributed by atoms with Crippen molar-refractivity contribution in [1.29, 1.82) is 0 Å². The largest absolute Gasteiger partial charge is 0.289 e. The normalized spacial score (nSPS) is 53.4. The molecule has 3 rings (SSSR count). The number of hydrogen-bond acceptors (Lipinski definition) is 3. The van der Waals surface area contributed by atoms with Gasteiger partial charge < -0.3 is 0 Å². The molecule has 2 bridgehead atoms. The van der Waals surface area contributed by atoms with Gasteiger partial charge in [0.05, 0.1) is 4.87 Å². The highest BCUT2D eigenvalue weighted by Gasteiger charge is 2.61. The van der Waals surface area contributed by atoms with Crippen molar-refractivity contribution < 1.29 is 0 Å². The summed E-state index contributed by atoms with van der Waals surface area (Å²) < 4.78 is 0.295. The maximum absolute atomic E-state index is 5.08. The van der Waals surface area contributed by atoms with Crippen LogP contribution in [0.1, 0.15) is 51.4 Å². The molecule has 1 aliphatic heterocycles. The molecule has 0 radical (unpaired) electrons. The number of hydrogen-bond donors (Lipinski definition) is 2. The van der Waals surface area contributed by atoms with Crippen LogP contribution >= 0.6 is 25.3 Å². The van der Waals surface area contributed by atoms with Crippen LogP contribution in [0.5, 0.6) is 0 Å². The van der Waals surface area contributed by atoms with Crippen molar-refractivity contribution in [2.75, 3.05) is 7.05 Å². The molecule has 0 N–H and O–H groups in total. The lowest BCUT2D eigenvalue weighted by Gasteiger charge is -2.49. The molecule has 1 saturated heterocycles. The summed E-state index contributed by atoms with van der Waals surface area (Å²) in [4.78, 5) is 2.68. The van der Waals surface area contributed by atoms with Gasteiger partial charge in [-0.2, -0.15) is 25.3 Å². The average molecular weight is 257 g/mol. The summed E-state index contributed by atoms with van der Waals surface area (Å²) in [6.07, 6.45) is 10.6. The maximum Gasteiger partial charge on any atom is 0.0653 e. The molecule has 2 saturated carbocycles. The van der Waals surface area contributed by atoms with Crippen LogP contribution in [0.25, 0.3) is 0 Å². The Hall–Kier alpha value is 0.660. The molecule has 3 fully saturated rings. The van der Waals surface area contributed by atoms with Crippen LogP contribution in [0.2, 0.25) is 0 Å². The van der Waals surface area contributed by atoms with E-state index in [1.807, 2.05) is 0 Å². The van der Waals surface area contributed by atoms with Gasteiger partial charge in [0.1, 0.15) is 0 Å². The molecule has 92 valence electrons. The van der Waals surface area contributed by atoms with Gasteiger partial charge in [0.15, 0.2) is 0 Å². The van der Waals surface area contributed by atoms with Gasteiger partial charge >= 0.3 is 0 Å². The van der Waals surface area contributed by atoms with Gasteiger partial charge in [-0.15, -0.1) is 0 Å². The van der Waals surface area contributed by atoms with Gasteiger partial charge in [0, 0.05) is 10.8 Å². The molecule has 16 heavy (non-hydrogen) atoms. The van der Waals surface area contributed by atoms with Crippen molar-refractivity contribution >= 4 is 25.3 Å². The Balaban J connectivity index is 1.89. The van der Waals surface area contributed by atoms with Crippen LogP contribution in [0.3, 0.4) is 0 Å². The maximum atomic E-state index is 5.08. The van der Waals surface area contributed by atoms with Crippen LogP contribution in [0.4, 0.5) is 0 Å². The first-order chi connectivity index (χ1) is 7.55. The van der Waals surface area contributed by atoms with Crippen molar-refractivity contribution in [3.63, 3.8) is 0 Å². The van der Waals surface area contributed by atoms with Crippen LogP contribution in [-0.4, -0.2) is 27.6 Å². The summed E-state index contributed by atoms with van der Waals surface area (Å²) in [5.41, 5.74) is 0. The van der Waals surface area contributed by atoms with Gasteiger partial charge in [0.2, 0.25) is 0 Å². The molecule has 0 aromatic rings. The van der Waals surface area contributed by atoms with Crippen LogP contribution in [0.15, 0.2) is 0 Å². The molecule has 0 spiro atoms. The lowest BCUT2D eigenvalue weighted by Crippen LogP contribution is -2.53. The summed E-state index contributed by atoms with van der Waals surface area (Å²) in [5, 5.41) is 0. The Morgan fingerprint density at radius 3 is 2.50 bits per heavy atom. The van der Waals surface area contributed by atoms with E-state index in [9.17, 15) is 0 Å². The average Bonchev–Trinajstić information content (AvgIpc) is 3.00. The predicted octanol–water partition coefficient (Wildman–Crippen LogP) is 3.36. The summed E-state index contributed by atoms with van der Waals surface area (Å²) >= 11 is 10.1. The fourth-order valence-electron chi connectivity index (χ4n) is 3.97. The Bertz CT molecular complexity index is 296. The van der Waals surface area contributed by atoms with E-state index in [0.717, 1.165) is 12.0 Å². The van der Waals surface area contributed by atoms with E-state index < -0.39 is 0 Å². The van der Waals surface area contributed by atoms with Gasteiger partial charge in [-0.1, -0.05) is 25.7 Å². The molecule has 4 unspecified atom stereocenters. The van der Waals surface area contributed by atoms with E-state index in [0.29, 0.717) is 4.75 Å². The third-order valence-corrected chi connectivity index (χ3v) is 6.54. The summed E-state index contributed by atoms with van der Waals surface area (Å²) in [7, 11) is 2.28. The van der Waals surface area contributed by atoms with E-state index in [4.69, 9.17) is 25.3 Å². The minimum atomic E-state index is 0.129. The van der Waals surface area contributed by atoms with Gasteiger partial charge in [-0.25, -0.2) is 0 Å². The minimum Gasteiger partial charge on any atom is -0.289 e. The zero-order valence-corrected chi connectivity index (χ0v) is 11.9. The molecule has 3 heteroatoms. The monoisotopic (exact) mass is 257 g/mol. The standard InChI is InChI=1S/C13H23NS2/c1-14-11-8-10(11)12(15)6-4-2-3-5-7-13(14,16)9-12/h10-11,15-16H,2-9H2,1H3. The molecule has 4 atom stereocenters. The van der Waals surface area contributed by atoms with Crippen molar-refractivity contribution in [1.82, 2.24) is 4.90 Å². The van der Waals surface area contributed by atoms with Crippen molar-refractivity contribution in [3.8, 4) is 0 Å². The molecule has 1 nitrogen and oxygen atoms in total. The molecular formula is C13H23NS2. The van der Waals surface area contributed by atoms with Gasteiger partial charge in [-0.05, 0) is 38.6 Å². The number of likely N-dealkylation sites (tertiary alicyclic amines) is 1. The molecule has 1 heterocycles. The lowest BCUT2D eigenvalue weighted by atomic mass is 9.84. The molecule has 0 aromatic heterocycles. The van der Waals surface area contributed by atoms with Gasteiger partial charge in [0.25, 0.3) is 0 Å². The number of nitrogens with zero attached hydrogens (tertiary/aromatic N) is 1. The summed E-state index contributed by atoms with van der Waals surface area (Å²) in [6, 6.07) is 0.779. The number of rotatable bonds is 0. The Morgan fingerprint density at radius 2 is 1.75 bits per heavy atom. The fraction of sp³-hybridized carbons (Fsp3) is 1.00. The highest BCUT2D eigenvalue weighted by molar-refractivity contribution is 7.82. The second-order valence-electron chi connectivity index (χ2n) is 6.20. The van der Waals surface area contributed by atoms with E-state index in [1.54, 1.807) is 0 Å². The fourth-order valence-corrected chi connectivity index (χ4v) is 5.38. The molecule has 3 aliphatic rings. The first-order valence-corrected chi connectivity index (χ1v) is 7.62. The first-order valence-electron chi connectivity index (χ1n) is 6.73. The number of piperidine rings is 1. The Kier molecular flexibility index (Phi) is 2.81. The van der Waals surface area contributed by atoms with E-state index in [1.165, 1.54) is 51.4 Å². The molecular weight excluding hydrogens is 234 g/mol. The van der Waals surface area contributed by atoms with Crippen molar-refractivity contribution in [3.05, 3.63) is 0 Å². The summed E-state index contributed by atoms with van der Waals surface area (Å²) in [6.45, 7) is 0. The Labute approximate surface area is 110 Å². The van der Waals surface area contributed by atoms with Crippen LogP contribution in [0, 0.1) is 5.92 Å².